The molecule has 0 saturated heterocycles. The first-order valence-corrected chi connectivity index (χ1v) is 8.67. The molecule has 0 aliphatic heterocycles. The Morgan fingerprint density at radius 2 is 1.92 bits per heavy atom. The lowest BCUT2D eigenvalue weighted by Gasteiger charge is -2.11. The van der Waals surface area contributed by atoms with Gasteiger partial charge in [0.1, 0.15) is 18.1 Å². The van der Waals surface area contributed by atoms with Crippen LogP contribution >= 0.6 is 0 Å². The third kappa shape index (κ3) is 3.03. The molecule has 3 aromatic rings. The predicted molar refractivity (Wildman–Crippen MR) is 99.8 cm³/mol. The maximum atomic E-state index is 6.05. The zero-order chi connectivity index (χ0) is 17.3. The van der Waals surface area contributed by atoms with Gasteiger partial charge in [0, 0.05) is 17.3 Å². The van der Waals surface area contributed by atoms with Crippen molar-refractivity contribution in [2.75, 3.05) is 0 Å². The molecule has 0 bridgehead atoms. The zero-order valence-corrected chi connectivity index (χ0v) is 15.3. The summed E-state index contributed by atoms with van der Waals surface area (Å²) in [6.07, 6.45) is 4.20. The average Bonchev–Trinajstić information content (AvgIpc) is 2.84. The average molecular weight is 322 g/mol. The van der Waals surface area contributed by atoms with Gasteiger partial charge in [-0.05, 0) is 56.9 Å². The lowest BCUT2D eigenvalue weighted by molar-refractivity contribution is 0.300. The van der Waals surface area contributed by atoms with Crippen LogP contribution in [0.15, 0.2) is 24.4 Å². The molecular weight excluding hydrogens is 296 g/mol. The van der Waals surface area contributed by atoms with Gasteiger partial charge in [-0.3, -0.25) is 4.98 Å². The lowest BCUT2D eigenvalue weighted by Crippen LogP contribution is -2.02. The number of aromatic nitrogens is 2. The summed E-state index contributed by atoms with van der Waals surface area (Å²) in [5.74, 6) is 0.924. The van der Waals surface area contributed by atoms with Crippen molar-refractivity contribution in [3.8, 4) is 5.75 Å². The Morgan fingerprint density at radius 1 is 1.12 bits per heavy atom. The van der Waals surface area contributed by atoms with Crippen LogP contribution in [-0.2, 0) is 13.0 Å². The largest absolute Gasteiger partial charge is 0.487 e. The summed E-state index contributed by atoms with van der Waals surface area (Å²) in [5, 5.41) is 1.32. The van der Waals surface area contributed by atoms with Crippen LogP contribution in [0.3, 0.4) is 0 Å². The number of aryl methyl sites for hydroxylation is 5. The molecule has 0 fully saturated rings. The van der Waals surface area contributed by atoms with Crippen LogP contribution in [0.2, 0.25) is 0 Å². The van der Waals surface area contributed by atoms with Crippen molar-refractivity contribution in [1.82, 2.24) is 9.97 Å². The fourth-order valence-corrected chi connectivity index (χ4v) is 3.30. The van der Waals surface area contributed by atoms with Crippen molar-refractivity contribution in [3.05, 3.63) is 58.0 Å². The molecule has 0 amide bonds. The van der Waals surface area contributed by atoms with Crippen LogP contribution in [0.1, 0.15) is 47.0 Å². The summed E-state index contributed by atoms with van der Waals surface area (Å²) < 4.78 is 6.05. The van der Waals surface area contributed by atoms with Crippen LogP contribution in [0.5, 0.6) is 5.75 Å². The molecule has 3 nitrogen and oxygen atoms in total. The highest BCUT2D eigenvalue weighted by Crippen LogP contribution is 2.28. The molecule has 0 radical (unpaired) electrons. The Kier molecular flexibility index (Phi) is 4.61. The molecule has 0 atom stereocenters. The topological polar surface area (TPSA) is 37.9 Å². The van der Waals surface area contributed by atoms with E-state index in [9.17, 15) is 0 Å². The second kappa shape index (κ2) is 6.68. The molecule has 0 spiro atoms. The maximum Gasteiger partial charge on any atom is 0.132 e. The van der Waals surface area contributed by atoms with Crippen molar-refractivity contribution < 1.29 is 4.74 Å². The molecule has 2 aromatic heterocycles. The number of rotatable bonds is 5. The molecule has 0 aliphatic carbocycles. The summed E-state index contributed by atoms with van der Waals surface area (Å²) in [6, 6.07) is 6.27. The molecule has 0 saturated carbocycles. The SMILES string of the molecule is CCCc1cnc(COc2ccc(C)cc2C)c2[nH]c(C)c(C)c12. The Balaban J connectivity index is 1.95. The number of ether oxygens (including phenoxy) is 1. The van der Waals surface area contributed by atoms with Crippen LogP contribution in [0.4, 0.5) is 0 Å². The lowest BCUT2D eigenvalue weighted by atomic mass is 10.0. The van der Waals surface area contributed by atoms with Gasteiger partial charge >= 0.3 is 0 Å². The van der Waals surface area contributed by atoms with Crippen molar-refractivity contribution in [2.45, 2.75) is 54.1 Å². The molecule has 1 aromatic carbocycles. The Hall–Kier alpha value is -2.29. The van der Waals surface area contributed by atoms with Gasteiger partial charge in [-0.25, -0.2) is 0 Å². The molecule has 126 valence electrons. The number of hydrogen-bond acceptors (Lipinski definition) is 2. The van der Waals surface area contributed by atoms with Crippen LogP contribution in [0.25, 0.3) is 10.9 Å². The van der Waals surface area contributed by atoms with Crippen molar-refractivity contribution in [1.29, 1.82) is 0 Å². The number of benzene rings is 1. The van der Waals surface area contributed by atoms with Gasteiger partial charge in [0.15, 0.2) is 0 Å². The zero-order valence-electron chi connectivity index (χ0n) is 15.3. The summed E-state index contributed by atoms with van der Waals surface area (Å²) in [6.45, 7) is 11.2. The number of nitrogens with one attached hydrogen (secondary N) is 1. The number of nitrogens with zero attached hydrogens (tertiary/aromatic N) is 1. The van der Waals surface area contributed by atoms with Gasteiger partial charge in [0.05, 0.1) is 5.52 Å². The van der Waals surface area contributed by atoms with Crippen molar-refractivity contribution in [2.24, 2.45) is 0 Å². The summed E-state index contributed by atoms with van der Waals surface area (Å²) in [5.41, 5.74) is 8.37. The van der Waals surface area contributed by atoms with E-state index < -0.39 is 0 Å². The fraction of sp³-hybridized carbons (Fsp3) is 0.381. The molecule has 0 aliphatic rings. The van der Waals surface area contributed by atoms with Gasteiger partial charge in [0.2, 0.25) is 0 Å². The molecule has 24 heavy (non-hydrogen) atoms. The van der Waals surface area contributed by atoms with E-state index in [0.717, 1.165) is 35.4 Å². The minimum absolute atomic E-state index is 0.478. The van der Waals surface area contributed by atoms with E-state index in [0.29, 0.717) is 6.61 Å². The molecular formula is C21H26N2O. The first-order chi connectivity index (χ1) is 11.5. The highest BCUT2D eigenvalue weighted by Gasteiger charge is 2.14. The van der Waals surface area contributed by atoms with E-state index >= 15 is 0 Å². The predicted octanol–water partition coefficient (Wildman–Crippen LogP) is 5.33. The number of fused-ring (bicyclic) bond motifs is 1. The van der Waals surface area contributed by atoms with Crippen LogP contribution in [0, 0.1) is 27.7 Å². The molecule has 2 heterocycles. The number of pyridine rings is 1. The number of aromatic amines is 1. The number of H-pyrrole nitrogens is 1. The second-order valence-electron chi connectivity index (χ2n) is 6.66. The molecule has 3 rings (SSSR count). The minimum atomic E-state index is 0.478. The van der Waals surface area contributed by atoms with E-state index in [-0.39, 0.29) is 0 Å². The third-order valence-electron chi connectivity index (χ3n) is 4.70. The van der Waals surface area contributed by atoms with E-state index in [1.807, 2.05) is 12.3 Å². The standard InChI is InChI=1S/C21H26N2O/c1-6-7-17-11-22-18(21-20(17)15(4)16(5)23-21)12-24-19-9-8-13(2)10-14(19)3/h8-11,23H,6-7,12H2,1-5H3. The Bertz CT molecular complexity index is 877. The molecule has 0 unspecified atom stereocenters. The van der Waals surface area contributed by atoms with Crippen molar-refractivity contribution in [3.63, 3.8) is 0 Å². The maximum absolute atomic E-state index is 6.05. The van der Waals surface area contributed by atoms with Gasteiger partial charge in [0.25, 0.3) is 0 Å². The van der Waals surface area contributed by atoms with E-state index in [2.05, 4.69) is 56.7 Å². The molecule has 1 N–H and O–H groups in total. The first-order valence-electron chi connectivity index (χ1n) is 8.67. The van der Waals surface area contributed by atoms with Crippen molar-refractivity contribution >= 4 is 10.9 Å². The normalized spacial score (nSPS) is 11.2. The summed E-state index contributed by atoms with van der Waals surface area (Å²) >= 11 is 0. The third-order valence-corrected chi connectivity index (χ3v) is 4.70. The van der Waals surface area contributed by atoms with E-state index in [1.54, 1.807) is 0 Å². The van der Waals surface area contributed by atoms with Gasteiger partial charge in [-0.1, -0.05) is 31.0 Å². The van der Waals surface area contributed by atoms with Crippen LogP contribution in [-0.4, -0.2) is 9.97 Å². The first kappa shape index (κ1) is 16.6. The number of hydrogen-bond donors (Lipinski definition) is 1. The second-order valence-corrected chi connectivity index (χ2v) is 6.66. The monoisotopic (exact) mass is 322 g/mol. The summed E-state index contributed by atoms with van der Waals surface area (Å²) in [7, 11) is 0. The Morgan fingerprint density at radius 3 is 2.62 bits per heavy atom. The quantitative estimate of drug-likeness (QED) is 0.689. The van der Waals surface area contributed by atoms with Gasteiger partial charge in [-0.15, -0.1) is 0 Å². The van der Waals surface area contributed by atoms with Crippen LogP contribution < -0.4 is 4.74 Å². The Labute approximate surface area is 144 Å². The highest BCUT2D eigenvalue weighted by atomic mass is 16.5. The summed E-state index contributed by atoms with van der Waals surface area (Å²) in [4.78, 5) is 8.20. The smallest absolute Gasteiger partial charge is 0.132 e. The minimum Gasteiger partial charge on any atom is -0.487 e. The molecule has 3 heteroatoms. The fourth-order valence-electron chi connectivity index (χ4n) is 3.30. The van der Waals surface area contributed by atoms with Gasteiger partial charge in [-0.2, -0.15) is 0 Å². The van der Waals surface area contributed by atoms with Gasteiger partial charge < -0.3 is 9.72 Å². The van der Waals surface area contributed by atoms with E-state index in [1.165, 1.54) is 27.8 Å². The van der Waals surface area contributed by atoms with E-state index in [4.69, 9.17) is 4.74 Å². The highest BCUT2D eigenvalue weighted by molar-refractivity contribution is 5.89.